The van der Waals surface area contributed by atoms with Crippen LogP contribution < -0.4 is 5.32 Å². The molecule has 0 bridgehead atoms. The minimum atomic E-state index is 0.262. The highest BCUT2D eigenvalue weighted by Crippen LogP contribution is 2.25. The molecule has 1 aliphatic rings. The minimum absolute atomic E-state index is 0.262. The molecule has 1 N–H and O–H groups in total. The topological polar surface area (TPSA) is 21.3 Å². The Labute approximate surface area is 88.4 Å². The fourth-order valence-corrected chi connectivity index (χ4v) is 2.02. The zero-order chi connectivity index (χ0) is 10.6. The van der Waals surface area contributed by atoms with Crippen LogP contribution in [0.15, 0.2) is 0 Å². The van der Waals surface area contributed by atoms with E-state index in [1.165, 1.54) is 32.2 Å². The summed E-state index contributed by atoms with van der Waals surface area (Å²) < 4.78 is 5.36. The molecule has 0 aliphatic heterocycles. The zero-order valence-corrected chi connectivity index (χ0v) is 10.1. The SMILES string of the molecule is COC1CCC(CNC(C)(C)C)CC1. The van der Waals surface area contributed by atoms with E-state index in [0.717, 1.165) is 5.92 Å². The average molecular weight is 199 g/mol. The molecule has 0 aromatic rings. The highest BCUT2D eigenvalue weighted by Gasteiger charge is 2.21. The Morgan fingerprint density at radius 2 is 1.71 bits per heavy atom. The second-order valence-corrected chi connectivity index (χ2v) is 5.51. The molecule has 2 nitrogen and oxygen atoms in total. The van der Waals surface area contributed by atoms with Crippen LogP contribution in [0, 0.1) is 5.92 Å². The minimum Gasteiger partial charge on any atom is -0.381 e. The standard InChI is InChI=1S/C12H25NO/c1-12(2,3)13-9-10-5-7-11(14-4)8-6-10/h10-11,13H,5-9H2,1-4H3. The molecule has 0 amide bonds. The van der Waals surface area contributed by atoms with Crippen molar-refractivity contribution in [3.8, 4) is 0 Å². The van der Waals surface area contributed by atoms with Gasteiger partial charge in [0.2, 0.25) is 0 Å². The smallest absolute Gasteiger partial charge is 0.0571 e. The maximum Gasteiger partial charge on any atom is 0.0571 e. The van der Waals surface area contributed by atoms with Gasteiger partial charge in [0.1, 0.15) is 0 Å². The molecule has 0 radical (unpaired) electrons. The van der Waals surface area contributed by atoms with Crippen LogP contribution in [0.1, 0.15) is 46.5 Å². The Hall–Kier alpha value is -0.0800. The maximum atomic E-state index is 5.36. The van der Waals surface area contributed by atoms with Gasteiger partial charge in [-0.2, -0.15) is 0 Å². The molecule has 1 rings (SSSR count). The average Bonchev–Trinajstić information content (AvgIpc) is 2.14. The summed E-state index contributed by atoms with van der Waals surface area (Å²) in [4.78, 5) is 0. The fraction of sp³-hybridized carbons (Fsp3) is 1.00. The molecule has 0 aromatic heterocycles. The van der Waals surface area contributed by atoms with Gasteiger partial charge in [0.05, 0.1) is 6.10 Å². The molecule has 1 aliphatic carbocycles. The van der Waals surface area contributed by atoms with E-state index in [-0.39, 0.29) is 5.54 Å². The predicted octanol–water partition coefficient (Wildman–Crippen LogP) is 2.58. The summed E-state index contributed by atoms with van der Waals surface area (Å²) in [6, 6.07) is 0. The van der Waals surface area contributed by atoms with Crippen LogP contribution in [0.5, 0.6) is 0 Å². The largest absolute Gasteiger partial charge is 0.381 e. The van der Waals surface area contributed by atoms with Crippen LogP contribution >= 0.6 is 0 Å². The summed E-state index contributed by atoms with van der Waals surface area (Å²) in [6.07, 6.45) is 5.66. The molecule has 2 heteroatoms. The van der Waals surface area contributed by atoms with Gasteiger partial charge >= 0.3 is 0 Å². The van der Waals surface area contributed by atoms with Gasteiger partial charge in [-0.05, 0) is 58.9 Å². The molecule has 0 spiro atoms. The van der Waals surface area contributed by atoms with E-state index in [2.05, 4.69) is 26.1 Å². The molecule has 84 valence electrons. The van der Waals surface area contributed by atoms with Crippen LogP contribution in [-0.2, 0) is 4.74 Å². The summed E-state index contributed by atoms with van der Waals surface area (Å²) in [5.74, 6) is 0.862. The Balaban J connectivity index is 2.16. The highest BCUT2D eigenvalue weighted by molar-refractivity contribution is 4.77. The summed E-state index contributed by atoms with van der Waals surface area (Å²) in [6.45, 7) is 7.86. The first-order valence-corrected chi connectivity index (χ1v) is 5.79. The molecule has 0 aromatic carbocycles. The second-order valence-electron chi connectivity index (χ2n) is 5.51. The van der Waals surface area contributed by atoms with Crippen molar-refractivity contribution in [2.45, 2.75) is 58.1 Å². The molecule has 0 heterocycles. The lowest BCUT2D eigenvalue weighted by molar-refractivity contribution is 0.0559. The lowest BCUT2D eigenvalue weighted by atomic mass is 9.87. The van der Waals surface area contributed by atoms with E-state index in [0.29, 0.717) is 6.10 Å². The Bertz CT molecular complexity index is 154. The third-order valence-electron chi connectivity index (χ3n) is 3.05. The van der Waals surface area contributed by atoms with Gasteiger partial charge in [-0.15, -0.1) is 0 Å². The number of rotatable bonds is 3. The van der Waals surface area contributed by atoms with E-state index >= 15 is 0 Å². The summed E-state index contributed by atoms with van der Waals surface area (Å²) in [5, 5.41) is 3.58. The van der Waals surface area contributed by atoms with E-state index in [9.17, 15) is 0 Å². The number of nitrogens with one attached hydrogen (secondary N) is 1. The summed E-state index contributed by atoms with van der Waals surface area (Å²) >= 11 is 0. The van der Waals surface area contributed by atoms with Crippen molar-refractivity contribution in [3.05, 3.63) is 0 Å². The maximum absolute atomic E-state index is 5.36. The third kappa shape index (κ3) is 4.43. The third-order valence-corrected chi connectivity index (χ3v) is 3.05. The highest BCUT2D eigenvalue weighted by atomic mass is 16.5. The predicted molar refractivity (Wildman–Crippen MR) is 60.5 cm³/mol. The van der Waals surface area contributed by atoms with Crippen molar-refractivity contribution in [1.82, 2.24) is 5.32 Å². The monoisotopic (exact) mass is 199 g/mol. The van der Waals surface area contributed by atoms with Gasteiger partial charge in [0.25, 0.3) is 0 Å². The molecular weight excluding hydrogens is 174 g/mol. The van der Waals surface area contributed by atoms with Crippen molar-refractivity contribution in [3.63, 3.8) is 0 Å². The Morgan fingerprint density at radius 1 is 1.14 bits per heavy atom. The van der Waals surface area contributed by atoms with Gasteiger partial charge < -0.3 is 10.1 Å². The lowest BCUT2D eigenvalue weighted by Gasteiger charge is -2.30. The van der Waals surface area contributed by atoms with E-state index in [4.69, 9.17) is 4.74 Å². The Kier molecular flexibility index (Phi) is 4.39. The molecular formula is C12H25NO. The molecule has 0 saturated heterocycles. The van der Waals surface area contributed by atoms with Gasteiger partial charge in [0.15, 0.2) is 0 Å². The molecule has 0 unspecified atom stereocenters. The first-order valence-electron chi connectivity index (χ1n) is 5.79. The number of hydrogen-bond acceptors (Lipinski definition) is 2. The van der Waals surface area contributed by atoms with Crippen molar-refractivity contribution in [1.29, 1.82) is 0 Å². The quantitative estimate of drug-likeness (QED) is 0.754. The van der Waals surface area contributed by atoms with Crippen LogP contribution in [0.3, 0.4) is 0 Å². The number of ether oxygens (including phenoxy) is 1. The van der Waals surface area contributed by atoms with E-state index in [1.54, 1.807) is 0 Å². The molecule has 1 saturated carbocycles. The molecule has 0 atom stereocenters. The van der Waals surface area contributed by atoms with Gasteiger partial charge in [-0.25, -0.2) is 0 Å². The first kappa shape index (κ1) is 12.0. The van der Waals surface area contributed by atoms with Gasteiger partial charge in [-0.1, -0.05) is 0 Å². The van der Waals surface area contributed by atoms with Crippen molar-refractivity contribution < 1.29 is 4.74 Å². The molecule has 1 fully saturated rings. The van der Waals surface area contributed by atoms with Gasteiger partial charge in [0, 0.05) is 12.6 Å². The van der Waals surface area contributed by atoms with Crippen LogP contribution in [-0.4, -0.2) is 25.3 Å². The Morgan fingerprint density at radius 3 is 2.14 bits per heavy atom. The van der Waals surface area contributed by atoms with Crippen LogP contribution in [0.4, 0.5) is 0 Å². The van der Waals surface area contributed by atoms with Gasteiger partial charge in [-0.3, -0.25) is 0 Å². The lowest BCUT2D eigenvalue weighted by Crippen LogP contribution is -2.40. The number of methoxy groups -OCH3 is 1. The fourth-order valence-electron chi connectivity index (χ4n) is 2.02. The second kappa shape index (κ2) is 5.13. The van der Waals surface area contributed by atoms with Crippen molar-refractivity contribution >= 4 is 0 Å². The van der Waals surface area contributed by atoms with Crippen LogP contribution in [0.25, 0.3) is 0 Å². The van der Waals surface area contributed by atoms with E-state index in [1.807, 2.05) is 7.11 Å². The molecule has 14 heavy (non-hydrogen) atoms. The summed E-state index contributed by atoms with van der Waals surface area (Å²) in [7, 11) is 1.83. The van der Waals surface area contributed by atoms with E-state index < -0.39 is 0 Å². The van der Waals surface area contributed by atoms with Crippen molar-refractivity contribution in [2.24, 2.45) is 5.92 Å². The first-order chi connectivity index (χ1) is 6.51. The number of hydrogen-bond donors (Lipinski definition) is 1. The zero-order valence-electron chi connectivity index (χ0n) is 10.1. The normalized spacial score (nSPS) is 29.1. The van der Waals surface area contributed by atoms with Crippen LogP contribution in [0.2, 0.25) is 0 Å². The van der Waals surface area contributed by atoms with Crippen molar-refractivity contribution in [2.75, 3.05) is 13.7 Å². The summed E-state index contributed by atoms with van der Waals surface area (Å²) in [5.41, 5.74) is 0.262.